The first-order valence-electron chi connectivity index (χ1n) is 7.91. The predicted octanol–water partition coefficient (Wildman–Crippen LogP) is 2.27. The fraction of sp³-hybridized carbons (Fsp3) is 0.588. The Kier molecular flexibility index (Phi) is 6.05. The molecule has 1 aliphatic rings. The number of aryl methyl sites for hydroxylation is 1. The van der Waals surface area contributed by atoms with Crippen LogP contribution >= 0.6 is 0 Å². The number of hydrogen-bond donors (Lipinski definition) is 2. The smallest absolute Gasteiger partial charge is 0.223 e. The maximum Gasteiger partial charge on any atom is 0.223 e. The molecule has 0 saturated carbocycles. The Hall–Kier alpha value is -1.55. The van der Waals surface area contributed by atoms with E-state index in [1.165, 1.54) is 0 Å². The van der Waals surface area contributed by atoms with Crippen LogP contribution in [0.2, 0.25) is 0 Å². The molecule has 4 heteroatoms. The lowest BCUT2D eigenvalue weighted by Gasteiger charge is -2.24. The van der Waals surface area contributed by atoms with Crippen LogP contribution in [0.1, 0.15) is 31.7 Å². The van der Waals surface area contributed by atoms with Crippen LogP contribution in [-0.2, 0) is 4.79 Å². The molecule has 1 aliphatic heterocycles. The second kappa shape index (κ2) is 8.03. The Bertz CT molecular complexity index is 456. The Balaban J connectivity index is 1.82. The number of carbonyl (C=O) groups excluding carboxylic acids is 1. The van der Waals surface area contributed by atoms with E-state index in [0.29, 0.717) is 6.54 Å². The molecule has 1 amide bonds. The number of nitrogens with one attached hydrogen (secondary N) is 2. The van der Waals surface area contributed by atoms with Gasteiger partial charge in [-0.15, -0.1) is 0 Å². The summed E-state index contributed by atoms with van der Waals surface area (Å²) in [4.78, 5) is 12.1. The number of amides is 1. The van der Waals surface area contributed by atoms with Crippen molar-refractivity contribution in [3.63, 3.8) is 0 Å². The van der Waals surface area contributed by atoms with Crippen LogP contribution in [0.5, 0.6) is 5.75 Å². The number of hydrogen-bond acceptors (Lipinski definition) is 3. The van der Waals surface area contributed by atoms with E-state index in [0.717, 1.165) is 43.7 Å². The second-order valence-corrected chi connectivity index (χ2v) is 5.68. The largest absolute Gasteiger partial charge is 0.488 e. The van der Waals surface area contributed by atoms with Gasteiger partial charge >= 0.3 is 0 Å². The quantitative estimate of drug-likeness (QED) is 0.845. The first-order chi connectivity index (χ1) is 10.2. The predicted molar refractivity (Wildman–Crippen MR) is 84.5 cm³/mol. The molecule has 0 bridgehead atoms. The molecule has 1 atom stereocenters. The van der Waals surface area contributed by atoms with Crippen LogP contribution in [0.4, 0.5) is 0 Å². The first kappa shape index (κ1) is 15.8. The highest BCUT2D eigenvalue weighted by Crippen LogP contribution is 2.18. The van der Waals surface area contributed by atoms with Gasteiger partial charge in [-0.2, -0.15) is 0 Å². The molecule has 1 heterocycles. The minimum Gasteiger partial charge on any atom is -0.488 e. The van der Waals surface area contributed by atoms with Crippen molar-refractivity contribution in [2.45, 2.75) is 39.2 Å². The molecule has 0 radical (unpaired) electrons. The monoisotopic (exact) mass is 290 g/mol. The molecule has 0 aliphatic carbocycles. The maximum absolute atomic E-state index is 12.1. The van der Waals surface area contributed by atoms with Gasteiger partial charge in [0.2, 0.25) is 5.91 Å². The number of carbonyl (C=O) groups is 1. The van der Waals surface area contributed by atoms with Gasteiger partial charge in [-0.25, -0.2) is 0 Å². The Morgan fingerprint density at radius 3 is 2.76 bits per heavy atom. The maximum atomic E-state index is 12.1. The van der Waals surface area contributed by atoms with Crippen LogP contribution in [0, 0.1) is 12.8 Å². The summed E-state index contributed by atoms with van der Waals surface area (Å²) in [6.45, 7) is 6.58. The molecular formula is C17H26N2O2. The van der Waals surface area contributed by atoms with Crippen molar-refractivity contribution in [3.05, 3.63) is 29.8 Å². The Morgan fingerprint density at radius 1 is 1.38 bits per heavy atom. The Labute approximate surface area is 127 Å². The fourth-order valence-electron chi connectivity index (χ4n) is 2.58. The van der Waals surface area contributed by atoms with Gasteiger partial charge in [-0.3, -0.25) is 4.79 Å². The third-order valence-corrected chi connectivity index (χ3v) is 4.06. The van der Waals surface area contributed by atoms with Crippen molar-refractivity contribution in [2.75, 3.05) is 19.6 Å². The summed E-state index contributed by atoms with van der Waals surface area (Å²) in [5.74, 6) is 1.23. The van der Waals surface area contributed by atoms with Gasteiger partial charge in [0.05, 0.1) is 6.54 Å². The van der Waals surface area contributed by atoms with Gasteiger partial charge in [0, 0.05) is 5.92 Å². The Morgan fingerprint density at radius 2 is 2.10 bits per heavy atom. The standard InChI is InChI=1S/C17H26N2O2/c1-3-15(21-16-7-5-4-6-13(16)2)12-19-17(20)14-8-10-18-11-9-14/h4-7,14-15,18H,3,8-12H2,1-2H3,(H,19,20). The summed E-state index contributed by atoms with van der Waals surface area (Å²) in [6.07, 6.45) is 2.76. The lowest BCUT2D eigenvalue weighted by Crippen LogP contribution is -2.41. The van der Waals surface area contributed by atoms with Crippen molar-refractivity contribution >= 4 is 5.91 Å². The molecule has 0 spiro atoms. The molecule has 1 aromatic rings. The third-order valence-electron chi connectivity index (χ3n) is 4.06. The van der Waals surface area contributed by atoms with Crippen molar-refractivity contribution in [1.29, 1.82) is 0 Å². The van der Waals surface area contributed by atoms with E-state index in [4.69, 9.17) is 4.74 Å². The lowest BCUT2D eigenvalue weighted by molar-refractivity contribution is -0.126. The van der Waals surface area contributed by atoms with Crippen LogP contribution in [-0.4, -0.2) is 31.6 Å². The molecule has 1 saturated heterocycles. The zero-order valence-electron chi connectivity index (χ0n) is 13.0. The highest BCUT2D eigenvalue weighted by atomic mass is 16.5. The van der Waals surface area contributed by atoms with Gasteiger partial charge < -0.3 is 15.4 Å². The molecule has 0 aromatic heterocycles. The third kappa shape index (κ3) is 4.74. The van der Waals surface area contributed by atoms with Gasteiger partial charge in [0.15, 0.2) is 0 Å². The second-order valence-electron chi connectivity index (χ2n) is 5.68. The van der Waals surface area contributed by atoms with E-state index >= 15 is 0 Å². The van der Waals surface area contributed by atoms with Crippen LogP contribution in [0.25, 0.3) is 0 Å². The minimum atomic E-state index is 0.0248. The van der Waals surface area contributed by atoms with Crippen LogP contribution in [0.3, 0.4) is 0 Å². The molecular weight excluding hydrogens is 264 g/mol. The molecule has 116 valence electrons. The highest BCUT2D eigenvalue weighted by Gasteiger charge is 2.21. The van der Waals surface area contributed by atoms with Crippen molar-refractivity contribution in [3.8, 4) is 5.75 Å². The number of ether oxygens (including phenoxy) is 1. The average molecular weight is 290 g/mol. The summed E-state index contributed by atoms with van der Waals surface area (Å²) in [5, 5.41) is 6.33. The van der Waals surface area contributed by atoms with E-state index in [2.05, 4.69) is 17.6 Å². The highest BCUT2D eigenvalue weighted by molar-refractivity contribution is 5.78. The summed E-state index contributed by atoms with van der Waals surface area (Å²) in [6, 6.07) is 7.99. The van der Waals surface area contributed by atoms with E-state index in [1.54, 1.807) is 0 Å². The molecule has 2 rings (SSSR count). The van der Waals surface area contributed by atoms with Crippen LogP contribution in [0.15, 0.2) is 24.3 Å². The number of piperidine rings is 1. The molecule has 4 nitrogen and oxygen atoms in total. The van der Waals surface area contributed by atoms with Crippen LogP contribution < -0.4 is 15.4 Å². The SMILES string of the molecule is CCC(CNC(=O)C1CCNCC1)Oc1ccccc1C. The fourth-order valence-corrected chi connectivity index (χ4v) is 2.58. The topological polar surface area (TPSA) is 50.4 Å². The number of rotatable bonds is 6. The van der Waals surface area contributed by atoms with Gasteiger partial charge in [0.1, 0.15) is 11.9 Å². The van der Waals surface area contributed by atoms with E-state index in [1.807, 2.05) is 31.2 Å². The molecule has 1 aromatic carbocycles. The number of benzene rings is 1. The summed E-state index contributed by atoms with van der Waals surface area (Å²) in [5.41, 5.74) is 1.13. The zero-order chi connectivity index (χ0) is 15.1. The van der Waals surface area contributed by atoms with Crippen molar-refractivity contribution in [2.24, 2.45) is 5.92 Å². The van der Waals surface area contributed by atoms with Gasteiger partial charge in [-0.1, -0.05) is 25.1 Å². The van der Waals surface area contributed by atoms with Crippen molar-refractivity contribution in [1.82, 2.24) is 10.6 Å². The first-order valence-corrected chi connectivity index (χ1v) is 7.91. The van der Waals surface area contributed by atoms with Crippen molar-refractivity contribution < 1.29 is 9.53 Å². The lowest BCUT2D eigenvalue weighted by atomic mass is 9.97. The zero-order valence-corrected chi connectivity index (χ0v) is 13.0. The average Bonchev–Trinajstić information content (AvgIpc) is 2.53. The normalized spacial score (nSPS) is 17.2. The van der Waals surface area contributed by atoms with Gasteiger partial charge in [-0.05, 0) is 50.9 Å². The summed E-state index contributed by atoms with van der Waals surface area (Å²) in [7, 11) is 0. The summed E-state index contributed by atoms with van der Waals surface area (Å²) >= 11 is 0. The van der Waals surface area contributed by atoms with Gasteiger partial charge in [0.25, 0.3) is 0 Å². The van der Waals surface area contributed by atoms with E-state index in [-0.39, 0.29) is 17.9 Å². The minimum absolute atomic E-state index is 0.0248. The number of para-hydroxylation sites is 1. The molecule has 2 N–H and O–H groups in total. The summed E-state index contributed by atoms with van der Waals surface area (Å²) < 4.78 is 6.01. The molecule has 1 unspecified atom stereocenters. The van der Waals surface area contributed by atoms with E-state index in [9.17, 15) is 4.79 Å². The molecule has 1 fully saturated rings. The molecule has 21 heavy (non-hydrogen) atoms. The van der Waals surface area contributed by atoms with E-state index < -0.39 is 0 Å².